The van der Waals surface area contributed by atoms with Crippen molar-refractivity contribution in [2.75, 3.05) is 5.73 Å². The minimum atomic E-state index is -0.709. The van der Waals surface area contributed by atoms with Gasteiger partial charge in [-0.3, -0.25) is 9.20 Å². The molecule has 0 aliphatic heterocycles. The Labute approximate surface area is 160 Å². The number of carbonyl (C=O) groups is 1. The van der Waals surface area contributed by atoms with Crippen LogP contribution in [0.1, 0.15) is 16.1 Å². The van der Waals surface area contributed by atoms with Gasteiger partial charge in [-0.25, -0.2) is 9.78 Å². The third kappa shape index (κ3) is 3.78. The van der Waals surface area contributed by atoms with Gasteiger partial charge in [0.2, 0.25) is 0 Å². The van der Waals surface area contributed by atoms with E-state index in [0.717, 1.165) is 4.47 Å². The number of nitrogens with zero attached hydrogens (tertiary/aromatic N) is 2. The van der Waals surface area contributed by atoms with E-state index in [4.69, 9.17) is 33.7 Å². The Morgan fingerprint density at radius 3 is 2.80 bits per heavy atom. The summed E-state index contributed by atoms with van der Waals surface area (Å²) in [7, 11) is 0. The van der Waals surface area contributed by atoms with Gasteiger partial charge in [-0.2, -0.15) is 0 Å². The normalized spacial score (nSPS) is 10.8. The van der Waals surface area contributed by atoms with Gasteiger partial charge in [0.15, 0.2) is 0 Å². The molecule has 3 rings (SSSR count). The van der Waals surface area contributed by atoms with Gasteiger partial charge < -0.3 is 10.5 Å². The topological polar surface area (TPSA) is 86.7 Å². The molecule has 0 aliphatic rings. The smallest absolute Gasteiger partial charge is 0.340 e. The van der Waals surface area contributed by atoms with Gasteiger partial charge in [0, 0.05) is 21.8 Å². The number of nitrogens with two attached hydrogens (primary N) is 1. The second-order valence-corrected chi connectivity index (χ2v) is 6.85. The van der Waals surface area contributed by atoms with E-state index in [0.29, 0.717) is 11.3 Å². The fourth-order valence-electron chi connectivity index (χ4n) is 2.17. The molecule has 0 amide bonds. The summed E-state index contributed by atoms with van der Waals surface area (Å²) in [6.45, 7) is -0.190. The maximum absolute atomic E-state index is 12.2. The molecule has 25 heavy (non-hydrogen) atoms. The molecule has 0 spiro atoms. The number of nitrogen functional groups attached to an aromatic ring is 1. The summed E-state index contributed by atoms with van der Waals surface area (Å²) in [5.74, 6) is -0.709. The number of rotatable bonds is 3. The lowest BCUT2D eigenvalue weighted by atomic mass is 10.2. The molecule has 128 valence electrons. The number of halogens is 3. The van der Waals surface area contributed by atoms with Crippen molar-refractivity contribution in [1.29, 1.82) is 0 Å². The lowest BCUT2D eigenvalue weighted by Crippen LogP contribution is -2.17. The molecule has 3 aromatic rings. The van der Waals surface area contributed by atoms with Gasteiger partial charge in [-0.15, -0.1) is 0 Å². The summed E-state index contributed by atoms with van der Waals surface area (Å²) in [5, 5.41) is 0.422. The molecule has 2 aromatic heterocycles. The summed E-state index contributed by atoms with van der Waals surface area (Å²) < 4.78 is 7.30. The number of anilines is 1. The van der Waals surface area contributed by atoms with Gasteiger partial charge >= 0.3 is 5.97 Å². The van der Waals surface area contributed by atoms with Gasteiger partial charge in [0.25, 0.3) is 5.56 Å². The molecule has 0 saturated heterocycles. The van der Waals surface area contributed by atoms with Crippen LogP contribution in [0.15, 0.2) is 45.8 Å². The SMILES string of the molecule is Nc1c(Cl)cc(Cl)cc1C(=O)OCc1cc(=O)n2cc(Br)ccc2n1. The van der Waals surface area contributed by atoms with Crippen LogP contribution < -0.4 is 11.3 Å². The fraction of sp³-hybridized carbons (Fsp3) is 0.0625. The molecule has 6 nitrogen and oxygen atoms in total. The first-order valence-corrected chi connectivity index (χ1v) is 8.49. The van der Waals surface area contributed by atoms with Crippen molar-refractivity contribution < 1.29 is 9.53 Å². The van der Waals surface area contributed by atoms with E-state index in [1.807, 2.05) is 0 Å². The predicted octanol–water partition coefficient (Wildman–Crippen LogP) is 3.70. The van der Waals surface area contributed by atoms with E-state index in [9.17, 15) is 9.59 Å². The van der Waals surface area contributed by atoms with E-state index in [-0.39, 0.29) is 33.5 Å². The molecule has 2 N–H and O–H groups in total. The summed E-state index contributed by atoms with van der Waals surface area (Å²) in [4.78, 5) is 28.6. The molecular formula is C16H10BrCl2N3O3. The first-order valence-electron chi connectivity index (χ1n) is 6.94. The van der Waals surface area contributed by atoms with Crippen molar-refractivity contribution in [2.45, 2.75) is 6.61 Å². The molecule has 0 saturated carbocycles. The first-order chi connectivity index (χ1) is 11.8. The number of esters is 1. The second kappa shape index (κ2) is 7.03. The van der Waals surface area contributed by atoms with E-state index in [1.165, 1.54) is 22.6 Å². The van der Waals surface area contributed by atoms with E-state index in [2.05, 4.69) is 20.9 Å². The van der Waals surface area contributed by atoms with Crippen LogP contribution in [-0.4, -0.2) is 15.4 Å². The second-order valence-electron chi connectivity index (χ2n) is 5.09. The van der Waals surface area contributed by atoms with Crippen LogP contribution in [0.2, 0.25) is 10.0 Å². The molecule has 2 heterocycles. The van der Waals surface area contributed by atoms with Crippen molar-refractivity contribution in [2.24, 2.45) is 0 Å². The Morgan fingerprint density at radius 1 is 1.28 bits per heavy atom. The zero-order valence-corrected chi connectivity index (χ0v) is 15.6. The molecule has 0 radical (unpaired) electrons. The molecule has 0 atom stereocenters. The van der Waals surface area contributed by atoms with Crippen molar-refractivity contribution in [3.8, 4) is 0 Å². The predicted molar refractivity (Wildman–Crippen MR) is 99.2 cm³/mol. The van der Waals surface area contributed by atoms with E-state index >= 15 is 0 Å². The minimum absolute atomic E-state index is 0.0546. The zero-order chi connectivity index (χ0) is 18.1. The summed E-state index contributed by atoms with van der Waals surface area (Å²) >= 11 is 15.1. The number of hydrogen-bond acceptors (Lipinski definition) is 5. The molecule has 0 aliphatic carbocycles. The Bertz CT molecular complexity index is 1050. The van der Waals surface area contributed by atoms with Crippen LogP contribution in [0.4, 0.5) is 5.69 Å². The number of ether oxygens (including phenoxy) is 1. The van der Waals surface area contributed by atoms with Gasteiger partial charge in [-0.1, -0.05) is 23.2 Å². The summed E-state index contributed by atoms with van der Waals surface area (Å²) in [6.07, 6.45) is 1.61. The van der Waals surface area contributed by atoms with E-state index in [1.54, 1.807) is 18.3 Å². The highest BCUT2D eigenvalue weighted by atomic mass is 79.9. The summed E-state index contributed by atoms with van der Waals surface area (Å²) in [5.41, 5.74) is 6.36. The van der Waals surface area contributed by atoms with Crippen molar-refractivity contribution in [1.82, 2.24) is 9.38 Å². The van der Waals surface area contributed by atoms with Crippen molar-refractivity contribution in [3.05, 3.63) is 72.7 Å². The monoisotopic (exact) mass is 441 g/mol. The Morgan fingerprint density at radius 2 is 2.04 bits per heavy atom. The quantitative estimate of drug-likeness (QED) is 0.493. The molecule has 0 unspecified atom stereocenters. The van der Waals surface area contributed by atoms with E-state index < -0.39 is 5.97 Å². The van der Waals surface area contributed by atoms with Crippen molar-refractivity contribution >= 4 is 56.4 Å². The van der Waals surface area contributed by atoms with Gasteiger partial charge in [0.05, 0.1) is 22.0 Å². The molecule has 0 fully saturated rings. The first kappa shape index (κ1) is 17.7. The average Bonchev–Trinajstić information content (AvgIpc) is 2.56. The standard InChI is InChI=1S/C16H10BrCl2N3O3/c17-8-1-2-13-21-10(5-14(23)22(13)6-8)7-25-16(24)11-3-9(18)4-12(19)15(11)20/h1-6H,7,20H2. The third-order valence-electron chi connectivity index (χ3n) is 3.34. The van der Waals surface area contributed by atoms with Gasteiger partial charge in [-0.05, 0) is 40.2 Å². The highest BCUT2D eigenvalue weighted by Crippen LogP contribution is 2.28. The average molecular weight is 443 g/mol. The number of benzene rings is 1. The Balaban J connectivity index is 1.84. The minimum Gasteiger partial charge on any atom is -0.456 e. The lowest BCUT2D eigenvalue weighted by Gasteiger charge is -2.09. The number of aromatic nitrogens is 2. The molecule has 9 heteroatoms. The Hall–Kier alpha value is -2.09. The highest BCUT2D eigenvalue weighted by Gasteiger charge is 2.16. The number of pyridine rings is 1. The fourth-order valence-corrected chi connectivity index (χ4v) is 3.00. The largest absolute Gasteiger partial charge is 0.456 e. The maximum atomic E-state index is 12.2. The highest BCUT2D eigenvalue weighted by molar-refractivity contribution is 9.10. The lowest BCUT2D eigenvalue weighted by molar-refractivity contribution is 0.0469. The zero-order valence-electron chi connectivity index (χ0n) is 12.5. The number of fused-ring (bicyclic) bond motifs is 1. The van der Waals surface area contributed by atoms with Crippen LogP contribution in [0, 0.1) is 0 Å². The Kier molecular flexibility index (Phi) is 4.99. The number of carbonyl (C=O) groups excluding carboxylic acids is 1. The molecule has 0 bridgehead atoms. The molecular weight excluding hydrogens is 433 g/mol. The maximum Gasteiger partial charge on any atom is 0.340 e. The summed E-state index contributed by atoms with van der Waals surface area (Å²) in [6, 6.07) is 7.52. The number of hydrogen-bond donors (Lipinski definition) is 1. The van der Waals surface area contributed by atoms with Crippen molar-refractivity contribution in [3.63, 3.8) is 0 Å². The third-order valence-corrected chi connectivity index (χ3v) is 4.34. The molecule has 1 aromatic carbocycles. The van der Waals surface area contributed by atoms with Crippen LogP contribution in [0.5, 0.6) is 0 Å². The van der Waals surface area contributed by atoms with Gasteiger partial charge in [0.1, 0.15) is 12.3 Å². The van der Waals surface area contributed by atoms with Crippen LogP contribution in [-0.2, 0) is 11.3 Å². The van der Waals surface area contributed by atoms with Crippen LogP contribution in [0.25, 0.3) is 5.65 Å². The van der Waals surface area contributed by atoms with Crippen LogP contribution in [0.3, 0.4) is 0 Å². The van der Waals surface area contributed by atoms with Crippen LogP contribution >= 0.6 is 39.1 Å².